The fraction of sp³-hybridized carbons (Fsp3) is 0.136. The van der Waals surface area contributed by atoms with Crippen molar-refractivity contribution in [2.45, 2.75) is 11.8 Å². The van der Waals surface area contributed by atoms with Gasteiger partial charge in [0, 0.05) is 17.5 Å². The molecule has 0 saturated carbocycles. The second-order valence-electron chi connectivity index (χ2n) is 6.40. The highest BCUT2D eigenvalue weighted by Gasteiger charge is 2.16. The van der Waals surface area contributed by atoms with E-state index >= 15 is 0 Å². The summed E-state index contributed by atoms with van der Waals surface area (Å²) in [7, 11) is -3.54. The van der Waals surface area contributed by atoms with Gasteiger partial charge in [-0.05, 0) is 73.7 Å². The number of anilines is 1. The highest BCUT2D eigenvalue weighted by atomic mass is 35.5. The van der Waals surface area contributed by atoms with Gasteiger partial charge in [0.15, 0.2) is 9.84 Å². The van der Waals surface area contributed by atoms with Crippen molar-refractivity contribution in [1.29, 1.82) is 0 Å². The van der Waals surface area contributed by atoms with E-state index in [0.29, 0.717) is 23.8 Å². The molecule has 156 valence electrons. The van der Waals surface area contributed by atoms with Gasteiger partial charge in [0.2, 0.25) is 0 Å². The lowest BCUT2D eigenvalue weighted by atomic mass is 10.2. The SMILES string of the molecule is CCOc1ccc(Oc2ccc(NC(=O)c3ccc(Cl)c(S(C)(=O)=O)c3)cc2)cc1. The van der Waals surface area contributed by atoms with E-state index in [2.05, 4.69) is 5.32 Å². The summed E-state index contributed by atoms with van der Waals surface area (Å²) in [6.07, 6.45) is 1.04. The first-order chi connectivity index (χ1) is 14.3. The third-order valence-electron chi connectivity index (χ3n) is 4.08. The summed E-state index contributed by atoms with van der Waals surface area (Å²) in [5.74, 6) is 1.58. The normalized spacial score (nSPS) is 11.0. The molecule has 0 fully saturated rings. The molecule has 0 saturated heterocycles. The first kappa shape index (κ1) is 21.7. The number of hydrogen-bond donors (Lipinski definition) is 1. The minimum atomic E-state index is -3.54. The van der Waals surface area contributed by atoms with E-state index in [9.17, 15) is 13.2 Å². The van der Waals surface area contributed by atoms with Crippen molar-refractivity contribution in [3.05, 3.63) is 77.3 Å². The number of benzene rings is 3. The van der Waals surface area contributed by atoms with E-state index in [1.807, 2.05) is 19.1 Å². The molecule has 0 atom stereocenters. The lowest BCUT2D eigenvalue weighted by Crippen LogP contribution is -2.12. The van der Waals surface area contributed by atoms with Gasteiger partial charge in [-0.15, -0.1) is 0 Å². The van der Waals surface area contributed by atoms with Crippen molar-refractivity contribution < 1.29 is 22.7 Å². The maximum atomic E-state index is 12.5. The molecule has 1 N–H and O–H groups in total. The Balaban J connectivity index is 1.67. The van der Waals surface area contributed by atoms with E-state index in [1.54, 1.807) is 36.4 Å². The number of nitrogens with one attached hydrogen (secondary N) is 1. The molecular weight excluding hydrogens is 426 g/mol. The fourth-order valence-corrected chi connectivity index (χ4v) is 3.95. The van der Waals surface area contributed by atoms with Gasteiger partial charge < -0.3 is 14.8 Å². The summed E-state index contributed by atoms with van der Waals surface area (Å²) < 4.78 is 34.7. The molecule has 0 aliphatic heterocycles. The molecule has 30 heavy (non-hydrogen) atoms. The molecule has 3 aromatic rings. The molecule has 0 unspecified atom stereocenters. The molecule has 0 aromatic heterocycles. The van der Waals surface area contributed by atoms with Gasteiger partial charge in [0.1, 0.15) is 17.2 Å². The molecule has 8 heteroatoms. The molecule has 6 nitrogen and oxygen atoms in total. The van der Waals surface area contributed by atoms with Crippen LogP contribution in [0.2, 0.25) is 5.02 Å². The highest BCUT2D eigenvalue weighted by Crippen LogP contribution is 2.26. The summed E-state index contributed by atoms with van der Waals surface area (Å²) >= 11 is 5.92. The van der Waals surface area contributed by atoms with Gasteiger partial charge in [-0.25, -0.2) is 8.42 Å². The topological polar surface area (TPSA) is 81.7 Å². The Labute approximate surface area is 180 Å². The van der Waals surface area contributed by atoms with Crippen LogP contribution >= 0.6 is 11.6 Å². The molecule has 0 spiro atoms. The Hall–Kier alpha value is -3.03. The molecule has 1 amide bonds. The predicted octanol–water partition coefficient (Wildman–Crippen LogP) is 5.19. The van der Waals surface area contributed by atoms with E-state index in [4.69, 9.17) is 21.1 Å². The van der Waals surface area contributed by atoms with Crippen LogP contribution in [0.25, 0.3) is 0 Å². The number of sulfone groups is 1. The molecule has 0 bridgehead atoms. The Bertz CT molecular complexity index is 1140. The third-order valence-corrected chi connectivity index (χ3v) is 5.65. The van der Waals surface area contributed by atoms with Gasteiger partial charge in [-0.2, -0.15) is 0 Å². The van der Waals surface area contributed by atoms with Crippen molar-refractivity contribution in [2.24, 2.45) is 0 Å². The maximum absolute atomic E-state index is 12.5. The molecule has 0 radical (unpaired) electrons. The molecular formula is C22H20ClNO5S. The van der Waals surface area contributed by atoms with Crippen LogP contribution in [0.1, 0.15) is 17.3 Å². The van der Waals surface area contributed by atoms with E-state index < -0.39 is 15.7 Å². The van der Waals surface area contributed by atoms with Crippen molar-refractivity contribution >= 4 is 33.0 Å². The van der Waals surface area contributed by atoms with Crippen LogP contribution in [0.15, 0.2) is 71.6 Å². The predicted molar refractivity (Wildman–Crippen MR) is 117 cm³/mol. The smallest absolute Gasteiger partial charge is 0.255 e. The first-order valence-corrected chi connectivity index (χ1v) is 11.3. The second-order valence-corrected chi connectivity index (χ2v) is 8.79. The van der Waals surface area contributed by atoms with E-state index in [0.717, 1.165) is 12.0 Å². The van der Waals surface area contributed by atoms with Gasteiger partial charge >= 0.3 is 0 Å². The Morgan fingerprint density at radius 2 is 1.50 bits per heavy atom. The number of amides is 1. The first-order valence-electron chi connectivity index (χ1n) is 9.08. The van der Waals surface area contributed by atoms with Gasteiger partial charge in [0.05, 0.1) is 16.5 Å². The Kier molecular flexibility index (Phi) is 6.64. The molecule has 3 aromatic carbocycles. The molecule has 0 aliphatic carbocycles. The average molecular weight is 446 g/mol. The second kappa shape index (κ2) is 9.19. The Morgan fingerprint density at radius 1 is 0.933 bits per heavy atom. The number of halogens is 1. The average Bonchev–Trinajstić information content (AvgIpc) is 2.70. The third kappa shape index (κ3) is 5.52. The summed E-state index contributed by atoms with van der Waals surface area (Å²) in [6, 6.07) is 18.2. The Morgan fingerprint density at radius 3 is 2.07 bits per heavy atom. The van der Waals surface area contributed by atoms with Gasteiger partial charge in [-0.3, -0.25) is 4.79 Å². The van der Waals surface area contributed by atoms with Crippen LogP contribution in [0.4, 0.5) is 5.69 Å². The monoisotopic (exact) mass is 445 g/mol. The van der Waals surface area contributed by atoms with Crippen molar-refractivity contribution in [3.8, 4) is 17.2 Å². The van der Waals surface area contributed by atoms with Crippen molar-refractivity contribution in [3.63, 3.8) is 0 Å². The fourth-order valence-electron chi connectivity index (χ4n) is 2.64. The van der Waals surface area contributed by atoms with Crippen LogP contribution in [-0.4, -0.2) is 27.2 Å². The number of carbonyl (C=O) groups is 1. The van der Waals surface area contributed by atoms with Crippen molar-refractivity contribution in [1.82, 2.24) is 0 Å². The number of rotatable bonds is 7. The van der Waals surface area contributed by atoms with E-state index in [-0.39, 0.29) is 15.5 Å². The van der Waals surface area contributed by atoms with Gasteiger partial charge in [0.25, 0.3) is 5.91 Å². The van der Waals surface area contributed by atoms with Crippen LogP contribution in [0.5, 0.6) is 17.2 Å². The zero-order valence-electron chi connectivity index (χ0n) is 16.4. The lowest BCUT2D eigenvalue weighted by Gasteiger charge is -2.10. The summed E-state index contributed by atoms with van der Waals surface area (Å²) in [6.45, 7) is 2.52. The van der Waals surface area contributed by atoms with Crippen LogP contribution in [0, 0.1) is 0 Å². The van der Waals surface area contributed by atoms with Crippen LogP contribution in [0.3, 0.4) is 0 Å². The zero-order chi connectivity index (χ0) is 21.7. The van der Waals surface area contributed by atoms with Crippen molar-refractivity contribution in [2.75, 3.05) is 18.2 Å². The standard InChI is InChI=1S/C22H20ClNO5S/c1-3-28-17-9-11-19(12-10-17)29-18-7-5-16(6-8-18)24-22(25)15-4-13-20(23)21(14-15)30(2,26)27/h4-14H,3H2,1-2H3,(H,24,25). The maximum Gasteiger partial charge on any atom is 0.255 e. The van der Waals surface area contributed by atoms with Gasteiger partial charge in [-0.1, -0.05) is 11.6 Å². The number of hydrogen-bond acceptors (Lipinski definition) is 5. The largest absolute Gasteiger partial charge is 0.494 e. The van der Waals surface area contributed by atoms with Crippen LogP contribution in [-0.2, 0) is 9.84 Å². The summed E-state index contributed by atoms with van der Waals surface area (Å²) in [5, 5.41) is 2.79. The lowest BCUT2D eigenvalue weighted by molar-refractivity contribution is 0.102. The van der Waals surface area contributed by atoms with Crippen LogP contribution < -0.4 is 14.8 Å². The quantitative estimate of drug-likeness (QED) is 0.541. The number of ether oxygens (including phenoxy) is 2. The summed E-state index contributed by atoms with van der Waals surface area (Å²) in [4.78, 5) is 12.4. The molecule has 3 rings (SSSR count). The highest BCUT2D eigenvalue weighted by molar-refractivity contribution is 7.90. The number of carbonyl (C=O) groups excluding carboxylic acids is 1. The molecule has 0 aliphatic rings. The van der Waals surface area contributed by atoms with E-state index in [1.165, 1.54) is 18.2 Å². The minimum Gasteiger partial charge on any atom is -0.494 e. The molecule has 0 heterocycles. The minimum absolute atomic E-state index is 0.0739. The zero-order valence-corrected chi connectivity index (χ0v) is 18.0. The summed E-state index contributed by atoms with van der Waals surface area (Å²) in [5.41, 5.74) is 0.726.